The lowest BCUT2D eigenvalue weighted by molar-refractivity contribution is -0.192. The summed E-state index contributed by atoms with van der Waals surface area (Å²) in [5.41, 5.74) is 2.39. The number of carboxylic acids is 1. The number of amides is 1. The van der Waals surface area contributed by atoms with E-state index in [0.29, 0.717) is 18.7 Å². The van der Waals surface area contributed by atoms with Crippen molar-refractivity contribution in [3.8, 4) is 11.1 Å². The largest absolute Gasteiger partial charge is 0.490 e. The molecule has 33 heavy (non-hydrogen) atoms. The zero-order valence-corrected chi connectivity index (χ0v) is 17.7. The Hall–Kier alpha value is -2.98. The van der Waals surface area contributed by atoms with Gasteiger partial charge in [-0.25, -0.2) is 9.18 Å². The van der Waals surface area contributed by atoms with E-state index < -0.39 is 12.1 Å². The number of aliphatic carboxylic acids is 1. The highest BCUT2D eigenvalue weighted by molar-refractivity contribution is 5.85. The Kier molecular flexibility index (Phi) is 7.70. The first-order valence-electron chi connectivity index (χ1n) is 10.5. The predicted octanol–water partition coefficient (Wildman–Crippen LogP) is 3.08. The molecule has 1 spiro atoms. The summed E-state index contributed by atoms with van der Waals surface area (Å²) in [6.07, 6.45) is -3.17. The molecule has 0 saturated carbocycles. The molecule has 10 heteroatoms. The Morgan fingerprint density at radius 1 is 1.09 bits per heavy atom. The molecule has 2 fully saturated rings. The molecule has 2 aromatic rings. The van der Waals surface area contributed by atoms with Crippen molar-refractivity contribution in [2.45, 2.75) is 31.6 Å². The van der Waals surface area contributed by atoms with E-state index in [1.165, 1.54) is 0 Å². The van der Waals surface area contributed by atoms with Gasteiger partial charge in [-0.05, 0) is 43.1 Å². The first kappa shape index (κ1) is 24.7. The van der Waals surface area contributed by atoms with Crippen molar-refractivity contribution in [1.82, 2.24) is 16.0 Å². The summed E-state index contributed by atoms with van der Waals surface area (Å²) >= 11 is 0. The van der Waals surface area contributed by atoms with Crippen LogP contribution in [0, 0.1) is 11.2 Å². The van der Waals surface area contributed by atoms with Gasteiger partial charge in [0.1, 0.15) is 5.82 Å². The Morgan fingerprint density at radius 2 is 1.73 bits per heavy atom. The van der Waals surface area contributed by atoms with Crippen molar-refractivity contribution in [2.24, 2.45) is 5.41 Å². The van der Waals surface area contributed by atoms with Crippen LogP contribution in [0.5, 0.6) is 0 Å². The van der Waals surface area contributed by atoms with Gasteiger partial charge in [-0.15, -0.1) is 0 Å². The smallest absolute Gasteiger partial charge is 0.475 e. The monoisotopic (exact) mass is 467 g/mol. The summed E-state index contributed by atoms with van der Waals surface area (Å²) in [5.74, 6) is -2.96. The van der Waals surface area contributed by atoms with Crippen LogP contribution in [0.15, 0.2) is 48.5 Å². The number of carbonyl (C=O) groups excluding carboxylic acids is 1. The lowest BCUT2D eigenvalue weighted by Gasteiger charge is -2.37. The maximum absolute atomic E-state index is 14.6. The third kappa shape index (κ3) is 6.08. The lowest BCUT2D eigenvalue weighted by Crippen LogP contribution is -2.51. The van der Waals surface area contributed by atoms with Gasteiger partial charge in [-0.2, -0.15) is 13.2 Å². The second kappa shape index (κ2) is 10.3. The Bertz CT molecular complexity index is 977. The van der Waals surface area contributed by atoms with Gasteiger partial charge in [-0.3, -0.25) is 4.79 Å². The quantitative estimate of drug-likeness (QED) is 0.519. The number of piperidine rings is 1. The van der Waals surface area contributed by atoms with Crippen LogP contribution in [0.4, 0.5) is 17.6 Å². The molecule has 6 nitrogen and oxygen atoms in total. The van der Waals surface area contributed by atoms with Crippen LogP contribution in [-0.4, -0.2) is 48.8 Å². The minimum atomic E-state index is -5.08. The van der Waals surface area contributed by atoms with Crippen molar-refractivity contribution in [3.63, 3.8) is 0 Å². The maximum Gasteiger partial charge on any atom is 0.490 e. The number of hydrogen-bond donors (Lipinski definition) is 4. The fourth-order valence-electron chi connectivity index (χ4n) is 4.16. The third-order valence-corrected chi connectivity index (χ3v) is 5.99. The number of alkyl halides is 3. The van der Waals surface area contributed by atoms with Crippen molar-refractivity contribution in [2.75, 3.05) is 19.6 Å². The molecule has 178 valence electrons. The van der Waals surface area contributed by atoms with E-state index in [1.54, 1.807) is 6.07 Å². The van der Waals surface area contributed by atoms with Gasteiger partial charge in [0.25, 0.3) is 0 Å². The average Bonchev–Trinajstić information content (AvgIpc) is 3.08. The van der Waals surface area contributed by atoms with E-state index in [0.717, 1.165) is 37.1 Å². The van der Waals surface area contributed by atoms with E-state index in [2.05, 4.69) is 16.0 Å². The predicted molar refractivity (Wildman–Crippen MR) is 114 cm³/mol. The van der Waals surface area contributed by atoms with E-state index in [1.807, 2.05) is 42.5 Å². The summed E-state index contributed by atoms with van der Waals surface area (Å²) < 4.78 is 46.3. The van der Waals surface area contributed by atoms with Crippen molar-refractivity contribution in [3.05, 3.63) is 59.9 Å². The second-order valence-electron chi connectivity index (χ2n) is 8.12. The topological polar surface area (TPSA) is 90.5 Å². The van der Waals surface area contributed by atoms with Gasteiger partial charge in [0.2, 0.25) is 5.91 Å². The van der Waals surface area contributed by atoms with Gasteiger partial charge in [0.05, 0.1) is 6.04 Å². The number of rotatable bonds is 4. The average molecular weight is 467 g/mol. The zero-order chi connectivity index (χ0) is 24.1. The van der Waals surface area contributed by atoms with Gasteiger partial charge in [0, 0.05) is 24.1 Å². The SMILES string of the molecule is O=C(O)C(F)(F)F.O=C1NCC2(CCNCC2)C1NCc1ccc(-c2ccccc2)cc1F. The highest BCUT2D eigenvalue weighted by atomic mass is 19.4. The number of carboxylic acid groups (broad SMARTS) is 1. The molecule has 4 N–H and O–H groups in total. The molecular weight excluding hydrogens is 442 g/mol. The summed E-state index contributed by atoms with van der Waals surface area (Å²) in [6.45, 7) is 2.91. The van der Waals surface area contributed by atoms with E-state index >= 15 is 0 Å². The molecule has 0 radical (unpaired) electrons. The minimum Gasteiger partial charge on any atom is -0.475 e. The van der Waals surface area contributed by atoms with Gasteiger partial charge in [-0.1, -0.05) is 42.5 Å². The Balaban J connectivity index is 0.000000383. The molecule has 0 aromatic heterocycles. The van der Waals surface area contributed by atoms with Crippen LogP contribution in [-0.2, 0) is 16.1 Å². The molecule has 1 amide bonds. The van der Waals surface area contributed by atoms with Crippen molar-refractivity contribution < 1.29 is 32.3 Å². The van der Waals surface area contributed by atoms with Crippen LogP contribution in [0.2, 0.25) is 0 Å². The van der Waals surface area contributed by atoms with E-state index in [9.17, 15) is 22.4 Å². The molecule has 0 aliphatic carbocycles. The molecule has 2 aliphatic rings. The van der Waals surface area contributed by atoms with Crippen molar-refractivity contribution in [1.29, 1.82) is 0 Å². The molecular formula is C23H25F4N3O3. The Morgan fingerprint density at radius 3 is 2.30 bits per heavy atom. The lowest BCUT2D eigenvalue weighted by atomic mass is 9.74. The second-order valence-corrected chi connectivity index (χ2v) is 8.12. The summed E-state index contributed by atoms with van der Waals surface area (Å²) in [5, 5.41) is 16.8. The molecule has 1 atom stereocenters. The Labute approximate surface area is 188 Å². The third-order valence-electron chi connectivity index (χ3n) is 5.99. The number of hydrogen-bond acceptors (Lipinski definition) is 4. The fraction of sp³-hybridized carbons (Fsp3) is 0.391. The van der Waals surface area contributed by atoms with Crippen LogP contribution < -0.4 is 16.0 Å². The standard InChI is InChI=1S/C21H24FN3O.C2HF3O2/c22-18-12-16(15-4-2-1-3-5-15)6-7-17(18)13-24-19-20(26)25-14-21(19)8-10-23-11-9-21;3-2(4,5)1(6)7/h1-7,12,19,23-24H,8-11,13-14H2,(H,25,26);(H,6,7). The van der Waals surface area contributed by atoms with Crippen LogP contribution in [0.3, 0.4) is 0 Å². The molecule has 0 bridgehead atoms. The highest BCUT2D eigenvalue weighted by Crippen LogP contribution is 2.36. The van der Waals surface area contributed by atoms with Gasteiger partial charge < -0.3 is 21.1 Å². The summed E-state index contributed by atoms with van der Waals surface area (Å²) in [6, 6.07) is 14.8. The first-order chi connectivity index (χ1) is 15.6. The highest BCUT2D eigenvalue weighted by Gasteiger charge is 2.48. The molecule has 2 aromatic carbocycles. The molecule has 1 unspecified atom stereocenters. The first-order valence-corrected chi connectivity index (χ1v) is 10.5. The molecule has 4 rings (SSSR count). The van der Waals surface area contributed by atoms with Crippen LogP contribution >= 0.6 is 0 Å². The minimum absolute atomic E-state index is 0.0354. The number of halogens is 4. The zero-order valence-electron chi connectivity index (χ0n) is 17.7. The molecule has 2 saturated heterocycles. The number of benzene rings is 2. The van der Waals surface area contributed by atoms with Gasteiger partial charge >= 0.3 is 12.1 Å². The number of carbonyl (C=O) groups is 2. The van der Waals surface area contributed by atoms with E-state index in [-0.39, 0.29) is 23.2 Å². The normalized spacial score (nSPS) is 19.5. The molecule has 2 aliphatic heterocycles. The number of nitrogens with one attached hydrogen (secondary N) is 3. The maximum atomic E-state index is 14.6. The summed E-state index contributed by atoms with van der Waals surface area (Å²) in [7, 11) is 0. The van der Waals surface area contributed by atoms with Gasteiger partial charge in [0.15, 0.2) is 0 Å². The van der Waals surface area contributed by atoms with Crippen molar-refractivity contribution >= 4 is 11.9 Å². The summed E-state index contributed by atoms with van der Waals surface area (Å²) in [4.78, 5) is 21.2. The van der Waals surface area contributed by atoms with E-state index in [4.69, 9.17) is 9.90 Å². The van der Waals surface area contributed by atoms with Crippen LogP contribution in [0.25, 0.3) is 11.1 Å². The molecule has 2 heterocycles. The fourth-order valence-corrected chi connectivity index (χ4v) is 4.16. The van der Waals surface area contributed by atoms with Crippen LogP contribution in [0.1, 0.15) is 18.4 Å².